The number of rotatable bonds is 4. The molecule has 1 unspecified atom stereocenters. The second-order valence-electron chi connectivity index (χ2n) is 8.51. The van der Waals surface area contributed by atoms with E-state index in [1.807, 2.05) is 42.2 Å². The number of thiazole rings is 1. The number of imidazole rings is 1. The van der Waals surface area contributed by atoms with Crippen molar-refractivity contribution in [3.63, 3.8) is 0 Å². The number of aromatic nitrogens is 3. The van der Waals surface area contributed by atoms with E-state index in [9.17, 15) is 18.0 Å². The molecule has 4 aromatic rings. The molecule has 34 heavy (non-hydrogen) atoms. The van der Waals surface area contributed by atoms with E-state index in [1.54, 1.807) is 12.4 Å². The molecule has 9 heteroatoms. The second-order valence-corrected chi connectivity index (χ2v) is 9.71. The van der Waals surface area contributed by atoms with Crippen molar-refractivity contribution < 1.29 is 18.0 Å². The van der Waals surface area contributed by atoms with Gasteiger partial charge in [-0.1, -0.05) is 30.3 Å². The number of carbonyl (C=O) groups excluding carboxylic acids is 1. The van der Waals surface area contributed by atoms with Crippen molar-refractivity contribution in [2.24, 2.45) is 0 Å². The van der Waals surface area contributed by atoms with Gasteiger partial charge >= 0.3 is 6.18 Å². The van der Waals surface area contributed by atoms with Gasteiger partial charge in [0, 0.05) is 31.4 Å². The average molecular weight is 485 g/mol. The third-order valence-electron chi connectivity index (χ3n) is 6.14. The SMILES string of the molecule is Cc1nc(C(=O)N2CCCCC2Cc2cn3cccc(C(F)(F)F)c3n2)c(-c2ccccc2)s1. The topological polar surface area (TPSA) is 50.5 Å². The number of piperidine rings is 1. The summed E-state index contributed by atoms with van der Waals surface area (Å²) in [4.78, 5) is 25.2. The Labute approximate surface area is 198 Å². The van der Waals surface area contributed by atoms with Crippen LogP contribution < -0.4 is 0 Å². The minimum absolute atomic E-state index is 0.111. The highest BCUT2D eigenvalue weighted by Crippen LogP contribution is 2.34. The van der Waals surface area contributed by atoms with Crippen molar-refractivity contribution >= 4 is 22.9 Å². The number of pyridine rings is 1. The first-order valence-corrected chi connectivity index (χ1v) is 12.0. The van der Waals surface area contributed by atoms with E-state index in [2.05, 4.69) is 9.97 Å². The lowest BCUT2D eigenvalue weighted by Gasteiger charge is -2.35. The van der Waals surface area contributed by atoms with E-state index in [4.69, 9.17) is 0 Å². The highest BCUT2D eigenvalue weighted by molar-refractivity contribution is 7.15. The Morgan fingerprint density at radius 3 is 2.68 bits per heavy atom. The molecule has 1 aliphatic rings. The van der Waals surface area contributed by atoms with Crippen LogP contribution in [0.2, 0.25) is 0 Å². The van der Waals surface area contributed by atoms with Crippen LogP contribution in [0, 0.1) is 6.92 Å². The lowest BCUT2D eigenvalue weighted by Crippen LogP contribution is -2.45. The minimum Gasteiger partial charge on any atom is -0.334 e. The minimum atomic E-state index is -4.48. The monoisotopic (exact) mass is 484 g/mol. The third-order valence-corrected chi connectivity index (χ3v) is 7.16. The van der Waals surface area contributed by atoms with Gasteiger partial charge < -0.3 is 9.30 Å². The van der Waals surface area contributed by atoms with Crippen molar-refractivity contribution in [1.82, 2.24) is 19.3 Å². The predicted molar refractivity (Wildman–Crippen MR) is 125 cm³/mol. The van der Waals surface area contributed by atoms with Gasteiger partial charge in [0.1, 0.15) is 11.3 Å². The Kier molecular flexibility index (Phi) is 5.89. The number of fused-ring (bicyclic) bond motifs is 1. The van der Waals surface area contributed by atoms with Crippen molar-refractivity contribution in [3.05, 3.63) is 76.8 Å². The average Bonchev–Trinajstić information content (AvgIpc) is 3.41. The summed E-state index contributed by atoms with van der Waals surface area (Å²) in [6.07, 6.45) is 1.73. The first-order chi connectivity index (χ1) is 16.3. The van der Waals surface area contributed by atoms with Crippen LogP contribution in [0.3, 0.4) is 0 Å². The smallest absolute Gasteiger partial charge is 0.334 e. The molecule has 1 aromatic carbocycles. The summed E-state index contributed by atoms with van der Waals surface area (Å²) in [6, 6.07) is 12.0. The van der Waals surface area contributed by atoms with E-state index >= 15 is 0 Å². The zero-order chi connectivity index (χ0) is 23.9. The Hall–Kier alpha value is -3.20. The van der Waals surface area contributed by atoms with Gasteiger partial charge in [-0.3, -0.25) is 4.79 Å². The molecule has 0 saturated carbocycles. The highest BCUT2D eigenvalue weighted by atomic mass is 32.1. The Balaban J connectivity index is 1.45. The number of halogens is 3. The summed E-state index contributed by atoms with van der Waals surface area (Å²) in [5.41, 5.74) is 1.06. The Bertz CT molecular complexity index is 1330. The van der Waals surface area contributed by atoms with Gasteiger partial charge in [-0.25, -0.2) is 9.97 Å². The van der Waals surface area contributed by atoms with Crippen LogP contribution >= 0.6 is 11.3 Å². The van der Waals surface area contributed by atoms with Crippen molar-refractivity contribution in [1.29, 1.82) is 0 Å². The van der Waals surface area contributed by atoms with Crippen molar-refractivity contribution in [2.75, 3.05) is 6.54 Å². The molecule has 5 rings (SSSR count). The number of alkyl halides is 3. The van der Waals surface area contributed by atoms with E-state index in [0.717, 1.165) is 40.8 Å². The van der Waals surface area contributed by atoms with Crippen LogP contribution in [-0.4, -0.2) is 37.8 Å². The maximum absolute atomic E-state index is 13.7. The lowest BCUT2D eigenvalue weighted by molar-refractivity contribution is -0.136. The molecule has 0 spiro atoms. The summed E-state index contributed by atoms with van der Waals surface area (Å²) < 4.78 is 41.6. The summed E-state index contributed by atoms with van der Waals surface area (Å²) in [7, 11) is 0. The maximum atomic E-state index is 13.7. The van der Waals surface area contributed by atoms with Crippen LogP contribution in [0.1, 0.15) is 46.0 Å². The van der Waals surface area contributed by atoms with E-state index in [-0.39, 0.29) is 17.6 Å². The molecule has 0 radical (unpaired) electrons. The van der Waals surface area contributed by atoms with Gasteiger partial charge in [-0.05, 0) is 43.9 Å². The van der Waals surface area contributed by atoms with Crippen LogP contribution in [-0.2, 0) is 12.6 Å². The summed E-state index contributed by atoms with van der Waals surface area (Å²) in [5, 5.41) is 0.816. The number of hydrogen-bond donors (Lipinski definition) is 0. The van der Waals surface area contributed by atoms with Gasteiger partial charge in [0.05, 0.1) is 21.1 Å². The Morgan fingerprint density at radius 2 is 1.91 bits per heavy atom. The fourth-order valence-electron chi connectivity index (χ4n) is 4.60. The summed E-state index contributed by atoms with van der Waals surface area (Å²) in [5.74, 6) is -0.132. The number of aryl methyl sites for hydroxylation is 1. The summed E-state index contributed by atoms with van der Waals surface area (Å²) in [6.45, 7) is 2.48. The quantitative estimate of drug-likeness (QED) is 0.356. The zero-order valence-electron chi connectivity index (χ0n) is 18.5. The first-order valence-electron chi connectivity index (χ1n) is 11.2. The highest BCUT2D eigenvalue weighted by Gasteiger charge is 2.35. The zero-order valence-corrected chi connectivity index (χ0v) is 19.4. The number of benzene rings is 1. The molecule has 176 valence electrons. The molecule has 4 heterocycles. The van der Waals surface area contributed by atoms with Gasteiger partial charge in [0.15, 0.2) is 0 Å². The molecule has 1 atom stereocenters. The molecule has 1 fully saturated rings. The first kappa shape index (κ1) is 22.6. The van der Waals surface area contributed by atoms with E-state index < -0.39 is 11.7 Å². The third kappa shape index (κ3) is 4.32. The molecule has 3 aromatic heterocycles. The van der Waals surface area contributed by atoms with Gasteiger partial charge in [-0.2, -0.15) is 13.2 Å². The molecule has 0 N–H and O–H groups in total. The molecule has 0 bridgehead atoms. The summed E-state index contributed by atoms with van der Waals surface area (Å²) >= 11 is 1.49. The number of amides is 1. The predicted octanol–water partition coefficient (Wildman–Crippen LogP) is 6.02. The number of hydrogen-bond acceptors (Lipinski definition) is 4. The fourth-order valence-corrected chi connectivity index (χ4v) is 5.51. The lowest BCUT2D eigenvalue weighted by atomic mass is 9.97. The molecular formula is C25H23F3N4OS. The van der Waals surface area contributed by atoms with Crippen LogP contribution in [0.25, 0.3) is 16.1 Å². The molecular weight excluding hydrogens is 461 g/mol. The standard InChI is InChI=1S/C25H23F3N4OS/c1-16-29-21(22(34-16)17-8-3-2-4-9-17)24(33)32-13-6-5-10-19(32)14-18-15-31-12-7-11-20(23(31)30-18)25(26,27)28/h2-4,7-9,11-12,15,19H,5-6,10,13-14H2,1H3. The van der Waals surface area contributed by atoms with Crippen LogP contribution in [0.4, 0.5) is 13.2 Å². The molecule has 5 nitrogen and oxygen atoms in total. The molecule has 1 saturated heterocycles. The molecule has 1 amide bonds. The fraction of sp³-hybridized carbons (Fsp3) is 0.320. The van der Waals surface area contributed by atoms with Crippen LogP contribution in [0.5, 0.6) is 0 Å². The van der Waals surface area contributed by atoms with Gasteiger partial charge in [-0.15, -0.1) is 11.3 Å². The molecule has 1 aliphatic heterocycles. The number of carbonyl (C=O) groups is 1. The Morgan fingerprint density at radius 1 is 1.12 bits per heavy atom. The second kappa shape index (κ2) is 8.87. The number of nitrogens with zero attached hydrogens (tertiary/aromatic N) is 4. The van der Waals surface area contributed by atoms with Crippen LogP contribution in [0.15, 0.2) is 54.9 Å². The largest absolute Gasteiger partial charge is 0.419 e. The van der Waals surface area contributed by atoms with Crippen molar-refractivity contribution in [3.8, 4) is 10.4 Å². The van der Waals surface area contributed by atoms with Gasteiger partial charge in [0.25, 0.3) is 5.91 Å². The maximum Gasteiger partial charge on any atom is 0.419 e. The molecule has 0 aliphatic carbocycles. The normalized spacial score (nSPS) is 16.8. The van der Waals surface area contributed by atoms with Crippen molar-refractivity contribution in [2.45, 2.75) is 44.8 Å². The van der Waals surface area contributed by atoms with E-state index in [1.165, 1.54) is 21.8 Å². The van der Waals surface area contributed by atoms with E-state index in [0.29, 0.717) is 24.4 Å². The van der Waals surface area contributed by atoms with Gasteiger partial charge in [0.2, 0.25) is 0 Å². The number of likely N-dealkylation sites (tertiary alicyclic amines) is 1.